The third-order valence-corrected chi connectivity index (χ3v) is 11.8. The average molecular weight is 1060 g/mol. The van der Waals surface area contributed by atoms with E-state index >= 15 is 0 Å². The van der Waals surface area contributed by atoms with Crippen LogP contribution < -0.4 is 71.6 Å². The fraction of sp³-hybridized carbons (Fsp3) is 0.674. The summed E-state index contributed by atoms with van der Waals surface area (Å²) in [7, 11) is 0. The molecule has 29 heteroatoms. The summed E-state index contributed by atoms with van der Waals surface area (Å²) in [4.78, 5) is 137. The number of imidazole rings is 1. The normalized spacial score (nSPS) is 16.2. The van der Waals surface area contributed by atoms with Crippen molar-refractivity contribution >= 4 is 70.5 Å². The standard InChI is InChI=1S/C46H81N19O10/c1-26(2)55-18-7-5-12-31(41(71)61-30(38(51)68)14-9-19-56-46(52)53)62-42(72)33(21-28-23-54-25-58-28)63-43(73)34-15-10-20-65(34)45(75)32(13-8-17-48)60-36(67)24-57-39(69)27(3)59-44(74)37(35(66)22-49)64-40(70)29(50)11-4-6-16-47/h23,25-27,29,31,33-35,37,55,66H,4-22,24,47-50H2,1-3H3,(H2,51,68)(H,54,58)(H,57,69)(H,59,74)(H,62,72)(H,63,73)(H,64,70)(H4,52,53,56)/b60-32+,61-30+/t27-,29-,31-,33-,34-,35-,37-/m0/s1. The Bertz CT molecular complexity index is 2120. The van der Waals surface area contributed by atoms with Crippen molar-refractivity contribution in [2.24, 2.45) is 44.4 Å². The van der Waals surface area contributed by atoms with Gasteiger partial charge in [-0.2, -0.15) is 0 Å². The third kappa shape index (κ3) is 24.0. The van der Waals surface area contributed by atoms with E-state index in [2.05, 4.69) is 57.2 Å². The Morgan fingerprint density at radius 1 is 0.800 bits per heavy atom. The van der Waals surface area contributed by atoms with Crippen molar-refractivity contribution in [3.63, 3.8) is 0 Å². The Morgan fingerprint density at radius 2 is 1.49 bits per heavy atom. The van der Waals surface area contributed by atoms with Crippen LogP contribution in [0.1, 0.15) is 104 Å². The average Bonchev–Trinajstić information content (AvgIpc) is 4.09. The number of primary amides is 1. The van der Waals surface area contributed by atoms with E-state index in [1.807, 2.05) is 13.8 Å². The molecule has 29 nitrogen and oxygen atoms in total. The maximum absolute atomic E-state index is 14.2. The molecule has 1 aliphatic rings. The summed E-state index contributed by atoms with van der Waals surface area (Å²) in [6, 6.07) is -7.39. The molecule has 0 saturated carbocycles. The number of rotatable bonds is 35. The van der Waals surface area contributed by atoms with Crippen LogP contribution in [0.2, 0.25) is 0 Å². The fourth-order valence-corrected chi connectivity index (χ4v) is 7.59. The van der Waals surface area contributed by atoms with Gasteiger partial charge in [-0.1, -0.05) is 20.3 Å². The number of nitrogens with one attached hydrogen (secondary N) is 9. The lowest BCUT2D eigenvalue weighted by atomic mass is 10.1. The highest BCUT2D eigenvalue weighted by Crippen LogP contribution is 2.20. The molecule has 1 aromatic rings. The Hall–Kier alpha value is -6.79. The summed E-state index contributed by atoms with van der Waals surface area (Å²) < 4.78 is 0. The van der Waals surface area contributed by atoms with Crippen LogP contribution in [-0.4, -0.2) is 185 Å². The second kappa shape index (κ2) is 34.7. The van der Waals surface area contributed by atoms with Crippen molar-refractivity contribution in [3.8, 4) is 0 Å². The number of nitrogens with zero attached hydrogens (tertiary/aromatic N) is 4. The molecule has 1 aromatic heterocycles. The number of aromatic amines is 1. The van der Waals surface area contributed by atoms with Crippen molar-refractivity contribution in [1.29, 1.82) is 5.41 Å². The monoisotopic (exact) mass is 1060 g/mol. The second-order valence-electron chi connectivity index (χ2n) is 18.3. The molecule has 2 rings (SSSR count). The molecule has 0 radical (unpaired) electrons. The molecule has 0 aliphatic carbocycles. The van der Waals surface area contributed by atoms with E-state index in [-0.39, 0.29) is 94.4 Å². The number of aromatic nitrogens is 2. The van der Waals surface area contributed by atoms with E-state index < -0.39 is 109 Å². The molecule has 0 spiro atoms. The molecule has 75 heavy (non-hydrogen) atoms. The summed E-state index contributed by atoms with van der Waals surface area (Å²) in [6.45, 7) is 5.50. The van der Waals surface area contributed by atoms with Crippen LogP contribution in [0.3, 0.4) is 0 Å². The van der Waals surface area contributed by atoms with E-state index in [1.54, 1.807) is 0 Å². The van der Waals surface area contributed by atoms with Gasteiger partial charge in [-0.15, -0.1) is 0 Å². The number of aliphatic hydroxyl groups is 1. The van der Waals surface area contributed by atoms with E-state index in [1.165, 1.54) is 24.3 Å². The number of guanidine groups is 1. The Labute approximate surface area is 436 Å². The number of aliphatic hydroxyl groups excluding tert-OH is 1. The van der Waals surface area contributed by atoms with Crippen LogP contribution in [0, 0.1) is 5.41 Å². The first kappa shape index (κ1) is 64.3. The zero-order chi connectivity index (χ0) is 56.0. The lowest BCUT2D eigenvalue weighted by molar-refractivity contribution is -0.136. The third-order valence-electron chi connectivity index (χ3n) is 11.8. The number of likely N-dealkylation sites (tertiary alicyclic amines) is 1. The maximum atomic E-state index is 14.2. The molecule has 7 atom stereocenters. The van der Waals surface area contributed by atoms with Crippen LogP contribution in [0.25, 0.3) is 0 Å². The lowest BCUT2D eigenvalue weighted by Gasteiger charge is -2.27. The zero-order valence-corrected chi connectivity index (χ0v) is 43.3. The molecule has 420 valence electrons. The molecular formula is C46H81N19O10. The van der Waals surface area contributed by atoms with Crippen LogP contribution in [0.5, 0.6) is 0 Å². The minimum Gasteiger partial charge on any atom is -0.389 e. The lowest BCUT2D eigenvalue weighted by Crippen LogP contribution is -2.60. The van der Waals surface area contributed by atoms with Crippen molar-refractivity contribution in [1.82, 2.24) is 52.1 Å². The summed E-state index contributed by atoms with van der Waals surface area (Å²) in [6.07, 6.45) is 4.67. The molecular weight excluding hydrogens is 979 g/mol. The van der Waals surface area contributed by atoms with E-state index in [0.717, 1.165) is 0 Å². The van der Waals surface area contributed by atoms with Gasteiger partial charge in [-0.25, -0.2) is 15.0 Å². The highest BCUT2D eigenvalue weighted by atomic mass is 16.3. The largest absolute Gasteiger partial charge is 0.389 e. The van der Waals surface area contributed by atoms with Gasteiger partial charge >= 0.3 is 0 Å². The van der Waals surface area contributed by atoms with Gasteiger partial charge in [-0.3, -0.25) is 48.6 Å². The number of hydrogen-bond acceptors (Lipinski definition) is 17. The summed E-state index contributed by atoms with van der Waals surface area (Å²) in [5.41, 5.74) is 33.6. The van der Waals surface area contributed by atoms with Crippen LogP contribution in [-0.2, 0) is 49.6 Å². The van der Waals surface area contributed by atoms with E-state index in [0.29, 0.717) is 50.9 Å². The predicted molar refractivity (Wildman–Crippen MR) is 278 cm³/mol. The minimum atomic E-state index is -1.57. The smallest absolute Gasteiger partial charge is 0.269 e. The first-order chi connectivity index (χ1) is 35.6. The molecule has 22 N–H and O–H groups in total. The summed E-state index contributed by atoms with van der Waals surface area (Å²) in [5.74, 6) is -7.85. The molecule has 0 unspecified atom stereocenters. The highest BCUT2D eigenvalue weighted by Gasteiger charge is 2.38. The number of carbonyl (C=O) groups is 9. The number of hydrogen-bond donors (Lipinski definition) is 16. The van der Waals surface area contributed by atoms with Gasteiger partial charge in [0.15, 0.2) is 5.96 Å². The number of unbranched alkanes of at least 4 members (excludes halogenated alkanes) is 2. The van der Waals surface area contributed by atoms with Gasteiger partial charge in [0.25, 0.3) is 23.6 Å². The molecule has 0 bridgehead atoms. The van der Waals surface area contributed by atoms with Gasteiger partial charge < -0.3 is 86.6 Å². The second-order valence-corrected chi connectivity index (χ2v) is 18.3. The number of amides is 9. The summed E-state index contributed by atoms with van der Waals surface area (Å²) in [5, 5.41) is 36.1. The van der Waals surface area contributed by atoms with Crippen LogP contribution in [0.15, 0.2) is 22.5 Å². The van der Waals surface area contributed by atoms with Crippen LogP contribution >= 0.6 is 0 Å². The molecule has 0 aromatic carbocycles. The van der Waals surface area contributed by atoms with Crippen molar-refractivity contribution < 1.29 is 48.3 Å². The van der Waals surface area contributed by atoms with Gasteiger partial charge in [0.05, 0.1) is 25.0 Å². The Morgan fingerprint density at radius 3 is 2.12 bits per heavy atom. The SMILES string of the molecule is CC(C)NCCCC[C@H](NC(=O)[C@H](Cc1cnc[nH]1)NC(=O)[C@@H]1CCCN1C(=O)/C(CCCN)=N/C(=O)CNC(=O)[C@H](C)NC(=O)[C@@H](NC(=O)[C@@H](N)CCCCN)[C@@H](O)CN)C(=O)/N=C(\CCCNC(=N)N)C(N)=O. The zero-order valence-electron chi connectivity index (χ0n) is 43.3. The van der Waals surface area contributed by atoms with Crippen molar-refractivity contribution in [2.75, 3.05) is 45.8 Å². The topological polar surface area (TPSA) is 495 Å². The first-order valence-corrected chi connectivity index (χ1v) is 25.3. The first-order valence-electron chi connectivity index (χ1n) is 25.3. The molecule has 1 aliphatic heterocycles. The fourth-order valence-electron chi connectivity index (χ4n) is 7.59. The Balaban J connectivity index is 2.28. The number of nitrogens with two attached hydrogens (primary N) is 6. The van der Waals surface area contributed by atoms with Crippen LogP contribution in [0.4, 0.5) is 0 Å². The molecule has 1 saturated heterocycles. The Kier molecular flexibility index (Phi) is 29.7. The maximum Gasteiger partial charge on any atom is 0.269 e. The van der Waals surface area contributed by atoms with Gasteiger partial charge in [0.1, 0.15) is 41.6 Å². The van der Waals surface area contributed by atoms with E-state index in [9.17, 15) is 48.3 Å². The van der Waals surface area contributed by atoms with Crippen molar-refractivity contribution in [2.45, 2.75) is 153 Å². The molecule has 9 amide bonds. The predicted octanol–water partition coefficient (Wildman–Crippen LogP) is -5.61. The number of H-pyrrole nitrogens is 1. The highest BCUT2D eigenvalue weighted by molar-refractivity contribution is 6.41. The summed E-state index contributed by atoms with van der Waals surface area (Å²) >= 11 is 0. The number of aliphatic imine (C=N–C) groups is 2. The number of carbonyl (C=O) groups excluding carboxylic acids is 9. The van der Waals surface area contributed by atoms with E-state index in [4.69, 9.17) is 39.8 Å². The molecule has 2 heterocycles. The quantitative estimate of drug-likeness (QED) is 0.0171. The van der Waals surface area contributed by atoms with Gasteiger partial charge in [-0.05, 0) is 97.2 Å². The minimum absolute atomic E-state index is 0.0272. The van der Waals surface area contributed by atoms with Crippen molar-refractivity contribution in [3.05, 3.63) is 18.2 Å². The van der Waals surface area contributed by atoms with Gasteiger partial charge in [0, 0.05) is 44.0 Å². The van der Waals surface area contributed by atoms with Gasteiger partial charge in [0.2, 0.25) is 29.5 Å². The molecule has 1 fully saturated rings.